The van der Waals surface area contributed by atoms with E-state index < -0.39 is 0 Å². The van der Waals surface area contributed by atoms with Crippen molar-refractivity contribution in [2.24, 2.45) is 0 Å². The van der Waals surface area contributed by atoms with Gasteiger partial charge in [0.1, 0.15) is 5.60 Å². The molecule has 0 unspecified atom stereocenters. The summed E-state index contributed by atoms with van der Waals surface area (Å²) >= 11 is 3.39. The minimum atomic E-state index is -0.275. The largest absolute Gasteiger partial charge is 0.483 e. The van der Waals surface area contributed by atoms with Crippen LogP contribution in [-0.2, 0) is 0 Å². The molecule has 1 aliphatic carbocycles. The second-order valence-electron chi connectivity index (χ2n) is 3.85. The number of aryl methyl sites for hydroxylation is 1. The van der Waals surface area contributed by atoms with Crippen molar-refractivity contribution in [2.45, 2.75) is 25.4 Å². The molecule has 0 aliphatic heterocycles. The maximum absolute atomic E-state index is 13.3. The van der Waals surface area contributed by atoms with Crippen LogP contribution in [-0.4, -0.2) is 10.9 Å². The van der Waals surface area contributed by atoms with Crippen LogP contribution >= 0.6 is 15.9 Å². The van der Waals surface area contributed by atoms with Gasteiger partial charge in [0.2, 0.25) is 0 Å². The molecule has 0 heterocycles. The van der Waals surface area contributed by atoms with Gasteiger partial charge in [0.25, 0.3) is 0 Å². The molecular formula is C11H12BrFO. The average molecular weight is 259 g/mol. The standard InChI is InChI=1S/C11H12BrFO/c1-8-2-3-9(13)10(6-8)14-11(7-12)4-5-11/h2-3,6H,4-5,7H2,1H3. The molecule has 1 aromatic carbocycles. The van der Waals surface area contributed by atoms with E-state index in [4.69, 9.17) is 4.74 Å². The molecule has 2 rings (SSSR count). The van der Waals surface area contributed by atoms with Gasteiger partial charge in [-0.15, -0.1) is 0 Å². The fraction of sp³-hybridized carbons (Fsp3) is 0.455. The van der Waals surface area contributed by atoms with Crippen molar-refractivity contribution in [2.75, 3.05) is 5.33 Å². The molecule has 1 aliphatic rings. The first-order chi connectivity index (χ1) is 6.65. The van der Waals surface area contributed by atoms with E-state index in [1.54, 1.807) is 12.1 Å². The third-order valence-electron chi connectivity index (χ3n) is 2.46. The first-order valence-electron chi connectivity index (χ1n) is 4.66. The number of hydrogen-bond donors (Lipinski definition) is 0. The van der Waals surface area contributed by atoms with Gasteiger partial charge in [0.05, 0.1) is 0 Å². The van der Waals surface area contributed by atoms with Crippen LogP contribution in [0.3, 0.4) is 0 Å². The molecule has 0 radical (unpaired) electrons. The Bertz CT molecular complexity index is 347. The second-order valence-corrected chi connectivity index (χ2v) is 4.41. The van der Waals surface area contributed by atoms with E-state index in [-0.39, 0.29) is 11.4 Å². The van der Waals surface area contributed by atoms with Crippen LogP contribution in [0.4, 0.5) is 4.39 Å². The van der Waals surface area contributed by atoms with Crippen LogP contribution in [0.1, 0.15) is 18.4 Å². The number of halogens is 2. The Hall–Kier alpha value is -0.570. The van der Waals surface area contributed by atoms with Gasteiger partial charge in [0, 0.05) is 5.33 Å². The number of hydrogen-bond acceptors (Lipinski definition) is 1. The van der Waals surface area contributed by atoms with Gasteiger partial charge in [-0.3, -0.25) is 0 Å². The predicted molar refractivity (Wildman–Crippen MR) is 57.5 cm³/mol. The highest BCUT2D eigenvalue weighted by atomic mass is 79.9. The van der Waals surface area contributed by atoms with Crippen LogP contribution in [0.25, 0.3) is 0 Å². The molecule has 0 atom stereocenters. The summed E-state index contributed by atoms with van der Waals surface area (Å²) in [7, 11) is 0. The zero-order chi connectivity index (χ0) is 10.2. The lowest BCUT2D eigenvalue weighted by atomic mass is 10.2. The van der Waals surface area contributed by atoms with Crippen molar-refractivity contribution in [1.29, 1.82) is 0 Å². The third-order valence-corrected chi connectivity index (χ3v) is 3.49. The summed E-state index contributed by atoms with van der Waals surface area (Å²) in [5.74, 6) is 0.102. The van der Waals surface area contributed by atoms with E-state index in [0.29, 0.717) is 5.75 Å². The number of rotatable bonds is 3. The third kappa shape index (κ3) is 1.92. The number of alkyl halides is 1. The normalized spacial score (nSPS) is 17.9. The van der Waals surface area contributed by atoms with Crippen molar-refractivity contribution >= 4 is 15.9 Å². The van der Waals surface area contributed by atoms with Crippen LogP contribution in [0, 0.1) is 12.7 Å². The van der Waals surface area contributed by atoms with Crippen molar-refractivity contribution < 1.29 is 9.13 Å². The SMILES string of the molecule is Cc1ccc(F)c(OC2(CBr)CC2)c1. The zero-order valence-electron chi connectivity index (χ0n) is 8.02. The summed E-state index contributed by atoms with van der Waals surface area (Å²) in [4.78, 5) is 0. The lowest BCUT2D eigenvalue weighted by molar-refractivity contribution is 0.197. The van der Waals surface area contributed by atoms with Gasteiger partial charge in [0.15, 0.2) is 11.6 Å². The van der Waals surface area contributed by atoms with Gasteiger partial charge >= 0.3 is 0 Å². The minimum absolute atomic E-state index is 0.144. The summed E-state index contributed by atoms with van der Waals surface area (Å²) < 4.78 is 19.0. The van der Waals surface area contributed by atoms with E-state index in [2.05, 4.69) is 15.9 Å². The van der Waals surface area contributed by atoms with Crippen molar-refractivity contribution in [1.82, 2.24) is 0 Å². The van der Waals surface area contributed by atoms with E-state index in [9.17, 15) is 4.39 Å². The predicted octanol–water partition coefficient (Wildman–Crippen LogP) is 3.44. The van der Waals surface area contributed by atoms with Gasteiger partial charge < -0.3 is 4.74 Å². The van der Waals surface area contributed by atoms with E-state index in [0.717, 1.165) is 23.7 Å². The molecule has 0 bridgehead atoms. The van der Waals surface area contributed by atoms with Gasteiger partial charge in [-0.1, -0.05) is 22.0 Å². The summed E-state index contributed by atoms with van der Waals surface area (Å²) in [6.07, 6.45) is 2.01. The molecule has 0 spiro atoms. The summed E-state index contributed by atoms with van der Waals surface area (Å²) in [5, 5.41) is 0.771. The molecule has 0 N–H and O–H groups in total. The maximum atomic E-state index is 13.3. The Morgan fingerprint density at radius 2 is 2.21 bits per heavy atom. The van der Waals surface area contributed by atoms with E-state index >= 15 is 0 Å². The fourth-order valence-corrected chi connectivity index (χ4v) is 2.00. The summed E-state index contributed by atoms with van der Waals surface area (Å²) in [6.45, 7) is 1.93. The van der Waals surface area contributed by atoms with E-state index in [1.807, 2.05) is 6.92 Å². The first-order valence-corrected chi connectivity index (χ1v) is 5.78. The molecule has 1 fully saturated rings. The van der Waals surface area contributed by atoms with Gasteiger partial charge in [-0.2, -0.15) is 0 Å². The van der Waals surface area contributed by atoms with Crippen LogP contribution < -0.4 is 4.74 Å². The monoisotopic (exact) mass is 258 g/mol. The molecule has 0 amide bonds. The smallest absolute Gasteiger partial charge is 0.165 e. The average Bonchev–Trinajstić information content (AvgIpc) is 2.92. The van der Waals surface area contributed by atoms with Gasteiger partial charge in [-0.25, -0.2) is 4.39 Å². The van der Waals surface area contributed by atoms with Gasteiger partial charge in [-0.05, 0) is 37.5 Å². The van der Waals surface area contributed by atoms with Crippen LogP contribution in [0.15, 0.2) is 18.2 Å². The van der Waals surface area contributed by atoms with Crippen molar-refractivity contribution in [3.63, 3.8) is 0 Å². The second kappa shape index (κ2) is 3.54. The van der Waals surface area contributed by atoms with Crippen molar-refractivity contribution in [3.8, 4) is 5.75 Å². The highest BCUT2D eigenvalue weighted by Gasteiger charge is 2.44. The molecule has 3 heteroatoms. The van der Waals surface area contributed by atoms with Crippen LogP contribution in [0.2, 0.25) is 0 Å². The quantitative estimate of drug-likeness (QED) is 0.755. The lowest BCUT2D eigenvalue weighted by Crippen LogP contribution is -2.20. The molecule has 76 valence electrons. The first kappa shape index (κ1) is 9.97. The molecule has 1 saturated carbocycles. The van der Waals surface area contributed by atoms with Crippen molar-refractivity contribution in [3.05, 3.63) is 29.6 Å². The Morgan fingerprint density at radius 3 is 2.79 bits per heavy atom. The maximum Gasteiger partial charge on any atom is 0.165 e. The number of ether oxygens (including phenoxy) is 1. The molecule has 1 nitrogen and oxygen atoms in total. The topological polar surface area (TPSA) is 9.23 Å². The summed E-state index contributed by atoms with van der Waals surface area (Å²) in [6, 6.07) is 4.95. The molecular weight excluding hydrogens is 247 g/mol. The van der Waals surface area contributed by atoms with E-state index in [1.165, 1.54) is 6.07 Å². The Kier molecular flexibility index (Phi) is 2.52. The highest BCUT2D eigenvalue weighted by molar-refractivity contribution is 9.09. The Balaban J connectivity index is 2.20. The Labute approximate surface area is 91.4 Å². The summed E-state index contributed by atoms with van der Waals surface area (Å²) in [5.41, 5.74) is 0.876. The molecule has 0 aromatic heterocycles. The molecule has 1 aromatic rings. The molecule has 0 saturated heterocycles. The fourth-order valence-electron chi connectivity index (χ4n) is 1.32. The number of benzene rings is 1. The molecule has 14 heavy (non-hydrogen) atoms. The zero-order valence-corrected chi connectivity index (χ0v) is 9.60. The lowest BCUT2D eigenvalue weighted by Gasteiger charge is -2.16. The highest BCUT2D eigenvalue weighted by Crippen LogP contribution is 2.42. The Morgan fingerprint density at radius 1 is 1.50 bits per heavy atom. The van der Waals surface area contributed by atoms with Crippen LogP contribution in [0.5, 0.6) is 5.75 Å². The minimum Gasteiger partial charge on any atom is -0.483 e.